The van der Waals surface area contributed by atoms with Crippen LogP contribution in [-0.2, 0) is 30.6 Å². The van der Waals surface area contributed by atoms with Crippen LogP contribution in [0.25, 0.3) is 22.6 Å². The molecule has 12 heteroatoms. The Hall–Kier alpha value is -3.20. The van der Waals surface area contributed by atoms with Gasteiger partial charge in [-0.15, -0.1) is 0 Å². The molecule has 0 aliphatic rings. The number of rotatable bonds is 5. The fourth-order valence-corrected chi connectivity index (χ4v) is 3.24. The van der Waals surface area contributed by atoms with Crippen LogP contribution in [0, 0.1) is 18.3 Å². The second kappa shape index (κ2) is 10.6. The van der Waals surface area contributed by atoms with Gasteiger partial charge in [-0.3, -0.25) is 9.00 Å². The van der Waals surface area contributed by atoms with E-state index in [0.717, 1.165) is 11.8 Å². The van der Waals surface area contributed by atoms with Crippen molar-refractivity contribution in [3.63, 3.8) is 0 Å². The third-order valence-corrected chi connectivity index (χ3v) is 5.87. The number of imidazole rings is 1. The first-order valence-electron chi connectivity index (χ1n) is 10.7. The first kappa shape index (κ1) is 28.0. The lowest BCUT2D eigenvalue weighted by Crippen LogP contribution is -2.28. The topological polar surface area (TPSA) is 103 Å². The zero-order valence-electron chi connectivity index (χ0n) is 20.6. The molecule has 3 aromatic rings. The minimum Gasteiger partial charge on any atom is -0.471 e. The predicted octanol–water partition coefficient (Wildman–Crippen LogP) is 4.21. The van der Waals surface area contributed by atoms with Crippen molar-refractivity contribution in [1.82, 2.24) is 19.1 Å². The second-order valence-corrected chi connectivity index (χ2v) is 9.95. The van der Waals surface area contributed by atoms with Crippen LogP contribution in [0.15, 0.2) is 23.1 Å². The maximum atomic E-state index is 13.4. The third-order valence-electron chi connectivity index (χ3n) is 5.05. The first-order chi connectivity index (χ1) is 16.2. The smallest absolute Gasteiger partial charge is 0.431 e. The highest BCUT2D eigenvalue weighted by Gasteiger charge is 2.35. The van der Waals surface area contributed by atoms with E-state index in [4.69, 9.17) is 10.00 Å². The summed E-state index contributed by atoms with van der Waals surface area (Å²) < 4.78 is 57.9. The van der Waals surface area contributed by atoms with E-state index in [0.29, 0.717) is 21.6 Å². The van der Waals surface area contributed by atoms with Crippen LogP contribution < -0.4 is 10.3 Å². The highest BCUT2D eigenvalue weighted by molar-refractivity contribution is 7.84. The van der Waals surface area contributed by atoms with Gasteiger partial charge in [-0.25, -0.2) is 9.97 Å². The van der Waals surface area contributed by atoms with Gasteiger partial charge in [-0.05, 0) is 45.4 Å². The maximum absolute atomic E-state index is 13.4. The van der Waals surface area contributed by atoms with Gasteiger partial charge in [-0.1, -0.05) is 6.92 Å². The minimum absolute atomic E-state index is 0.0540. The monoisotopic (exact) mass is 511 g/mol. The SMILES string of the molecule is CCS(C)=O.CCn1c(C(F)(F)F)cc2nc(-c3ncc(OC(C)(C)C#N)cc3C)n(C)c2c1=O. The molecule has 190 valence electrons. The van der Waals surface area contributed by atoms with Gasteiger partial charge >= 0.3 is 6.18 Å². The molecule has 3 rings (SSSR count). The Balaban J connectivity index is 0.000000784. The average molecular weight is 512 g/mol. The number of fused-ring (bicyclic) bond motifs is 1. The number of nitrogens with zero attached hydrogens (tertiary/aromatic N) is 5. The van der Waals surface area contributed by atoms with Gasteiger partial charge in [0, 0.05) is 36.4 Å². The van der Waals surface area contributed by atoms with Gasteiger partial charge in [0.15, 0.2) is 11.4 Å². The summed E-state index contributed by atoms with van der Waals surface area (Å²) in [6.07, 6.45) is -1.58. The van der Waals surface area contributed by atoms with Crippen molar-refractivity contribution >= 4 is 21.8 Å². The fourth-order valence-electron chi connectivity index (χ4n) is 3.24. The summed E-state index contributed by atoms with van der Waals surface area (Å²) in [6.45, 7) is 8.21. The Morgan fingerprint density at radius 2 is 1.83 bits per heavy atom. The first-order valence-corrected chi connectivity index (χ1v) is 12.4. The Morgan fingerprint density at radius 1 is 1.23 bits per heavy atom. The summed E-state index contributed by atoms with van der Waals surface area (Å²) in [5.41, 5.74) is -1.82. The molecule has 0 saturated carbocycles. The molecule has 1 unspecified atom stereocenters. The highest BCUT2D eigenvalue weighted by Crippen LogP contribution is 2.32. The molecule has 0 spiro atoms. The largest absolute Gasteiger partial charge is 0.471 e. The molecule has 0 aliphatic heterocycles. The quantitative estimate of drug-likeness (QED) is 0.509. The Kier molecular flexibility index (Phi) is 8.49. The van der Waals surface area contributed by atoms with Crippen LogP contribution in [0.2, 0.25) is 0 Å². The van der Waals surface area contributed by atoms with E-state index in [9.17, 15) is 22.2 Å². The number of aromatic nitrogens is 4. The van der Waals surface area contributed by atoms with E-state index in [1.54, 1.807) is 40.1 Å². The summed E-state index contributed by atoms with van der Waals surface area (Å²) >= 11 is 0. The molecule has 0 saturated heterocycles. The Labute approximate surface area is 203 Å². The van der Waals surface area contributed by atoms with E-state index in [1.165, 1.54) is 17.7 Å². The summed E-state index contributed by atoms with van der Waals surface area (Å²) in [5.74, 6) is 1.40. The third kappa shape index (κ3) is 6.28. The van der Waals surface area contributed by atoms with Crippen molar-refractivity contribution in [2.75, 3.05) is 12.0 Å². The van der Waals surface area contributed by atoms with E-state index in [1.807, 2.05) is 13.0 Å². The number of pyridine rings is 2. The van der Waals surface area contributed by atoms with E-state index in [2.05, 4.69) is 9.97 Å². The number of halogens is 3. The highest BCUT2D eigenvalue weighted by atomic mass is 32.2. The van der Waals surface area contributed by atoms with Crippen LogP contribution in [0.4, 0.5) is 13.2 Å². The molecule has 35 heavy (non-hydrogen) atoms. The van der Waals surface area contributed by atoms with E-state index in [-0.39, 0.29) is 23.4 Å². The molecule has 0 fully saturated rings. The van der Waals surface area contributed by atoms with Crippen molar-refractivity contribution < 1.29 is 22.1 Å². The summed E-state index contributed by atoms with van der Waals surface area (Å²) in [4.78, 5) is 21.3. The lowest BCUT2D eigenvalue weighted by molar-refractivity contribution is -0.144. The number of nitriles is 1. The van der Waals surface area contributed by atoms with Crippen molar-refractivity contribution in [2.24, 2.45) is 7.05 Å². The molecule has 0 aliphatic carbocycles. The molecule has 0 radical (unpaired) electrons. The maximum Gasteiger partial charge on any atom is 0.431 e. The van der Waals surface area contributed by atoms with E-state index < -0.39 is 33.8 Å². The number of ether oxygens (including phenoxy) is 1. The Morgan fingerprint density at radius 3 is 2.29 bits per heavy atom. The lowest BCUT2D eigenvalue weighted by atomic mass is 10.1. The van der Waals surface area contributed by atoms with Gasteiger partial charge in [-0.2, -0.15) is 18.4 Å². The molecular formula is C23H28F3N5O3S. The summed E-state index contributed by atoms with van der Waals surface area (Å²) in [7, 11) is 0.987. The fraction of sp³-hybridized carbons (Fsp3) is 0.478. The van der Waals surface area contributed by atoms with E-state index >= 15 is 0 Å². The molecule has 0 aromatic carbocycles. The van der Waals surface area contributed by atoms with Crippen molar-refractivity contribution in [2.45, 2.75) is 52.9 Å². The number of aryl methyl sites for hydroxylation is 2. The summed E-state index contributed by atoms with van der Waals surface area (Å²) in [6, 6.07) is 4.56. The zero-order valence-corrected chi connectivity index (χ0v) is 21.5. The molecule has 3 heterocycles. The standard InChI is InChI=1S/C20H20F3N5O2.C3H8OS/c1-6-28-14(20(21,22)23)8-13-16(18(28)29)27(5)17(26-13)15-11(2)7-12(9-25-15)30-19(3,4)10-24;1-3-5(2)4/h7-9H,6H2,1-5H3;3H2,1-2H3. The minimum atomic E-state index is -4.68. The van der Waals surface area contributed by atoms with Crippen LogP contribution in [0.3, 0.4) is 0 Å². The average Bonchev–Trinajstić information content (AvgIpc) is 3.09. The van der Waals surface area contributed by atoms with Gasteiger partial charge in [0.05, 0.1) is 11.7 Å². The second-order valence-electron chi connectivity index (χ2n) is 8.23. The van der Waals surface area contributed by atoms with Crippen LogP contribution >= 0.6 is 0 Å². The number of hydrogen-bond donors (Lipinski definition) is 0. The van der Waals surface area contributed by atoms with Gasteiger partial charge in [0.2, 0.25) is 0 Å². The lowest BCUT2D eigenvalue weighted by Gasteiger charge is -2.18. The van der Waals surface area contributed by atoms with Gasteiger partial charge < -0.3 is 13.9 Å². The molecular weight excluding hydrogens is 483 g/mol. The molecule has 0 bridgehead atoms. The normalized spacial score (nSPS) is 12.6. The van der Waals surface area contributed by atoms with Crippen molar-refractivity contribution in [3.8, 4) is 23.3 Å². The molecule has 3 aromatic heterocycles. The summed E-state index contributed by atoms with van der Waals surface area (Å²) in [5, 5.41) is 9.10. The van der Waals surface area contributed by atoms with Gasteiger partial charge in [0.1, 0.15) is 28.7 Å². The molecule has 0 amide bonds. The van der Waals surface area contributed by atoms with Crippen molar-refractivity contribution in [3.05, 3.63) is 39.9 Å². The number of hydrogen-bond acceptors (Lipinski definition) is 6. The van der Waals surface area contributed by atoms with Crippen LogP contribution in [-0.4, -0.2) is 40.9 Å². The zero-order chi connectivity index (χ0) is 26.7. The van der Waals surface area contributed by atoms with Crippen molar-refractivity contribution in [1.29, 1.82) is 5.26 Å². The molecule has 8 nitrogen and oxygen atoms in total. The molecule has 1 atom stereocenters. The molecule has 0 N–H and O–H groups in total. The van der Waals surface area contributed by atoms with Crippen LogP contribution in [0.1, 0.15) is 39.0 Å². The Bertz CT molecular complexity index is 1350. The van der Waals surface area contributed by atoms with Gasteiger partial charge in [0.25, 0.3) is 5.56 Å². The predicted molar refractivity (Wildman–Crippen MR) is 129 cm³/mol. The number of alkyl halides is 3. The van der Waals surface area contributed by atoms with Crippen LogP contribution in [0.5, 0.6) is 5.75 Å².